The van der Waals surface area contributed by atoms with Gasteiger partial charge in [-0.3, -0.25) is 4.55 Å². The van der Waals surface area contributed by atoms with Gasteiger partial charge in [-0.15, -0.1) is 0 Å². The van der Waals surface area contributed by atoms with Gasteiger partial charge in [0.05, 0.1) is 12.4 Å². The molecule has 0 aromatic heterocycles. The third kappa shape index (κ3) is 17.7. The Morgan fingerprint density at radius 3 is 1.56 bits per heavy atom. The SMILES string of the molecule is O=S(=O)(O)CCO.[NaH].[NaH]. The molecule has 0 aromatic rings. The van der Waals surface area contributed by atoms with Crippen molar-refractivity contribution in [2.45, 2.75) is 0 Å². The van der Waals surface area contributed by atoms with Gasteiger partial charge in [-0.1, -0.05) is 0 Å². The van der Waals surface area contributed by atoms with Crippen molar-refractivity contribution in [3.05, 3.63) is 0 Å². The Balaban J connectivity index is -0.000000180. The van der Waals surface area contributed by atoms with Crippen LogP contribution in [0.4, 0.5) is 0 Å². The molecule has 0 aliphatic heterocycles. The maximum absolute atomic E-state index is 9.63. The standard InChI is InChI=1S/C2H6O4S.2Na.2H/c3-1-2-7(4,5)6;;;;/h3H,1-2H2,(H,4,5,6);;;;. The van der Waals surface area contributed by atoms with Crippen LogP contribution in [0.25, 0.3) is 0 Å². The molecule has 48 valence electrons. The Labute approximate surface area is 98.4 Å². The minimum atomic E-state index is -3.92. The number of hydrogen-bond donors (Lipinski definition) is 2. The van der Waals surface area contributed by atoms with Crippen LogP contribution in [0, 0.1) is 0 Å². The van der Waals surface area contributed by atoms with Gasteiger partial charge in [0.2, 0.25) is 0 Å². The zero-order valence-corrected chi connectivity index (χ0v) is 4.35. The molecule has 0 aliphatic carbocycles. The van der Waals surface area contributed by atoms with Gasteiger partial charge in [0.1, 0.15) is 0 Å². The van der Waals surface area contributed by atoms with Crippen molar-refractivity contribution >= 4 is 69.2 Å². The monoisotopic (exact) mass is 174 g/mol. The van der Waals surface area contributed by atoms with Gasteiger partial charge in [0, 0.05) is 0 Å². The van der Waals surface area contributed by atoms with Gasteiger partial charge in [-0.05, 0) is 0 Å². The Morgan fingerprint density at radius 1 is 1.22 bits per heavy atom. The van der Waals surface area contributed by atoms with Crippen molar-refractivity contribution in [3.8, 4) is 0 Å². The summed E-state index contributed by atoms with van der Waals surface area (Å²) in [6.07, 6.45) is 0. The van der Waals surface area contributed by atoms with E-state index >= 15 is 0 Å². The summed E-state index contributed by atoms with van der Waals surface area (Å²) < 4.78 is 27.1. The quantitative estimate of drug-likeness (QED) is 0.360. The third-order valence-electron chi connectivity index (χ3n) is 0.349. The first-order chi connectivity index (χ1) is 3.06. The first-order valence-electron chi connectivity index (χ1n) is 1.62. The summed E-state index contributed by atoms with van der Waals surface area (Å²) in [5.74, 6) is -0.576. The van der Waals surface area contributed by atoms with Gasteiger partial charge in [0.15, 0.2) is 0 Å². The van der Waals surface area contributed by atoms with Crippen LogP contribution >= 0.6 is 0 Å². The topological polar surface area (TPSA) is 74.6 Å². The van der Waals surface area contributed by atoms with Gasteiger partial charge in [-0.2, -0.15) is 8.42 Å². The molecule has 0 aromatic carbocycles. The van der Waals surface area contributed by atoms with Crippen molar-refractivity contribution in [2.24, 2.45) is 0 Å². The van der Waals surface area contributed by atoms with E-state index in [-0.39, 0.29) is 59.1 Å². The van der Waals surface area contributed by atoms with Crippen molar-refractivity contribution in [1.29, 1.82) is 0 Å². The molecule has 0 spiro atoms. The molecule has 0 unspecified atom stereocenters. The predicted molar refractivity (Wildman–Crippen MR) is 37.8 cm³/mol. The average molecular weight is 174 g/mol. The molecule has 0 saturated carbocycles. The molecule has 9 heavy (non-hydrogen) atoms. The van der Waals surface area contributed by atoms with Crippen LogP contribution in [-0.4, -0.2) is 89.6 Å². The van der Waals surface area contributed by atoms with E-state index in [1.807, 2.05) is 0 Å². The van der Waals surface area contributed by atoms with Crippen LogP contribution in [0.15, 0.2) is 0 Å². The summed E-state index contributed by atoms with van der Waals surface area (Å²) in [4.78, 5) is 0. The predicted octanol–water partition coefficient (Wildman–Crippen LogP) is -2.43. The summed E-state index contributed by atoms with van der Waals surface area (Å²) in [7, 11) is -3.92. The Morgan fingerprint density at radius 2 is 1.56 bits per heavy atom. The number of aliphatic hydroxyl groups excluding tert-OH is 1. The van der Waals surface area contributed by atoms with Crippen molar-refractivity contribution in [3.63, 3.8) is 0 Å². The fourth-order valence-corrected chi connectivity index (χ4v) is 0.346. The molecule has 0 atom stereocenters. The van der Waals surface area contributed by atoms with Gasteiger partial charge in [-0.25, -0.2) is 0 Å². The molecule has 4 nitrogen and oxygen atoms in total. The number of hydrogen-bond acceptors (Lipinski definition) is 3. The van der Waals surface area contributed by atoms with Crippen LogP contribution in [0.1, 0.15) is 0 Å². The molecule has 0 fully saturated rings. The van der Waals surface area contributed by atoms with Gasteiger partial charge >= 0.3 is 59.1 Å². The third-order valence-corrected chi connectivity index (χ3v) is 1.05. The van der Waals surface area contributed by atoms with E-state index < -0.39 is 22.5 Å². The van der Waals surface area contributed by atoms with Crippen LogP contribution in [0.5, 0.6) is 0 Å². The zero-order valence-electron chi connectivity index (χ0n) is 3.53. The molecule has 2 N–H and O–H groups in total. The Hall–Kier alpha value is 1.87. The molecule has 0 radical (unpaired) electrons. The molecule has 0 heterocycles. The molecular formula is C2H8Na2O4S. The second-order valence-electron chi connectivity index (χ2n) is 1.01. The van der Waals surface area contributed by atoms with Crippen LogP contribution in [-0.2, 0) is 10.1 Å². The summed E-state index contributed by atoms with van der Waals surface area (Å²) in [6.45, 7) is -0.529. The van der Waals surface area contributed by atoms with E-state index in [0.29, 0.717) is 0 Å². The van der Waals surface area contributed by atoms with Crippen molar-refractivity contribution in [1.82, 2.24) is 0 Å². The Kier molecular flexibility index (Phi) is 15.1. The maximum atomic E-state index is 9.63. The Bertz CT molecular complexity index is 130. The first kappa shape index (κ1) is 17.1. The molecule has 0 bridgehead atoms. The molecule has 0 aliphatic rings. The fourth-order valence-electron chi connectivity index (χ4n) is 0.115. The molecular weight excluding hydrogens is 166 g/mol. The normalized spacial score (nSPS) is 9.11. The summed E-state index contributed by atoms with van der Waals surface area (Å²) in [5.41, 5.74) is 0. The first-order valence-corrected chi connectivity index (χ1v) is 3.23. The molecule has 0 rings (SSSR count). The zero-order chi connectivity index (χ0) is 5.91. The molecule has 0 saturated heterocycles. The fraction of sp³-hybridized carbons (Fsp3) is 1.00. The molecule has 7 heteroatoms. The van der Waals surface area contributed by atoms with E-state index in [1.54, 1.807) is 0 Å². The van der Waals surface area contributed by atoms with Gasteiger partial charge < -0.3 is 5.11 Å². The number of aliphatic hydroxyl groups is 1. The van der Waals surface area contributed by atoms with Crippen molar-refractivity contribution < 1.29 is 18.1 Å². The van der Waals surface area contributed by atoms with E-state index in [1.165, 1.54) is 0 Å². The van der Waals surface area contributed by atoms with Gasteiger partial charge in [0.25, 0.3) is 10.1 Å². The average Bonchev–Trinajstić information content (AvgIpc) is 1.30. The summed E-state index contributed by atoms with van der Waals surface area (Å²) >= 11 is 0. The van der Waals surface area contributed by atoms with Crippen molar-refractivity contribution in [2.75, 3.05) is 12.4 Å². The van der Waals surface area contributed by atoms with E-state index in [0.717, 1.165) is 0 Å². The van der Waals surface area contributed by atoms with E-state index in [2.05, 4.69) is 0 Å². The van der Waals surface area contributed by atoms with Crippen LogP contribution in [0.3, 0.4) is 0 Å². The minimum absolute atomic E-state index is 0. The second kappa shape index (κ2) is 7.97. The van der Waals surface area contributed by atoms with E-state index in [4.69, 9.17) is 9.66 Å². The van der Waals surface area contributed by atoms with E-state index in [9.17, 15) is 8.42 Å². The summed E-state index contributed by atoms with van der Waals surface area (Å²) in [6, 6.07) is 0. The van der Waals surface area contributed by atoms with Crippen LogP contribution in [0.2, 0.25) is 0 Å². The van der Waals surface area contributed by atoms with Crippen LogP contribution < -0.4 is 0 Å². The second-order valence-corrected chi connectivity index (χ2v) is 2.58. The summed E-state index contributed by atoms with van der Waals surface area (Å²) in [5, 5.41) is 7.86. The molecule has 0 amide bonds. The number of rotatable bonds is 2.